The van der Waals surface area contributed by atoms with Gasteiger partial charge < -0.3 is 15.4 Å². The van der Waals surface area contributed by atoms with Crippen molar-refractivity contribution in [3.05, 3.63) is 0 Å². The molecule has 2 aliphatic heterocycles. The van der Waals surface area contributed by atoms with Crippen molar-refractivity contribution in [2.75, 3.05) is 45.9 Å². The fourth-order valence-electron chi connectivity index (χ4n) is 2.91. The molecule has 0 aromatic rings. The van der Waals surface area contributed by atoms with E-state index in [0.29, 0.717) is 12.5 Å². The molecular weight excluding hydrogens is 242 g/mol. The third kappa shape index (κ3) is 4.44. The molecule has 3 unspecified atom stereocenters. The maximum Gasteiger partial charge on any atom is 0.224 e. The zero-order chi connectivity index (χ0) is 13.7. The fraction of sp³-hybridized carbons (Fsp3) is 0.929. The number of carbonyl (C=O) groups is 1. The molecule has 0 aromatic carbocycles. The lowest BCUT2D eigenvalue weighted by atomic mass is 9.91. The molecule has 2 fully saturated rings. The van der Waals surface area contributed by atoms with Gasteiger partial charge in [-0.1, -0.05) is 13.8 Å². The molecule has 0 saturated carbocycles. The van der Waals surface area contributed by atoms with E-state index in [1.807, 2.05) is 0 Å². The highest BCUT2D eigenvalue weighted by atomic mass is 16.5. The Morgan fingerprint density at radius 3 is 3.05 bits per heavy atom. The third-order valence-electron chi connectivity index (χ3n) is 4.12. The third-order valence-corrected chi connectivity index (χ3v) is 4.12. The highest BCUT2D eigenvalue weighted by Gasteiger charge is 2.26. The molecule has 19 heavy (non-hydrogen) atoms. The van der Waals surface area contributed by atoms with Crippen LogP contribution in [0.1, 0.15) is 20.3 Å². The molecule has 3 atom stereocenters. The Morgan fingerprint density at radius 2 is 2.32 bits per heavy atom. The molecule has 2 saturated heterocycles. The van der Waals surface area contributed by atoms with Crippen LogP contribution in [-0.2, 0) is 9.53 Å². The van der Waals surface area contributed by atoms with Crippen molar-refractivity contribution in [1.82, 2.24) is 15.5 Å². The summed E-state index contributed by atoms with van der Waals surface area (Å²) in [5.41, 5.74) is 0. The van der Waals surface area contributed by atoms with Gasteiger partial charge in [0.15, 0.2) is 0 Å². The van der Waals surface area contributed by atoms with Crippen LogP contribution >= 0.6 is 0 Å². The predicted octanol–water partition coefficient (Wildman–Crippen LogP) is 0.0689. The molecule has 2 rings (SSSR count). The number of carbonyl (C=O) groups excluding carboxylic acids is 1. The summed E-state index contributed by atoms with van der Waals surface area (Å²) in [7, 11) is 0. The van der Waals surface area contributed by atoms with Gasteiger partial charge in [0.2, 0.25) is 5.91 Å². The molecule has 2 heterocycles. The van der Waals surface area contributed by atoms with Crippen LogP contribution in [0.15, 0.2) is 0 Å². The smallest absolute Gasteiger partial charge is 0.224 e. The van der Waals surface area contributed by atoms with Crippen molar-refractivity contribution in [3.8, 4) is 0 Å². The van der Waals surface area contributed by atoms with Crippen LogP contribution in [0.3, 0.4) is 0 Å². The lowest BCUT2D eigenvalue weighted by molar-refractivity contribution is -0.127. The Kier molecular flexibility index (Phi) is 5.60. The summed E-state index contributed by atoms with van der Waals surface area (Å²) in [6.07, 6.45) is 1.14. The van der Waals surface area contributed by atoms with Gasteiger partial charge in [0.1, 0.15) is 0 Å². The summed E-state index contributed by atoms with van der Waals surface area (Å²) in [6, 6.07) is 0. The molecule has 1 amide bonds. The zero-order valence-corrected chi connectivity index (χ0v) is 12.2. The van der Waals surface area contributed by atoms with Crippen molar-refractivity contribution < 1.29 is 9.53 Å². The Labute approximate surface area is 116 Å². The summed E-state index contributed by atoms with van der Waals surface area (Å²) in [5.74, 6) is 0.886. The minimum atomic E-state index is 0.120. The number of likely N-dealkylation sites (N-methyl/N-ethyl adjacent to an activating group) is 1. The number of nitrogens with zero attached hydrogens (tertiary/aromatic N) is 1. The van der Waals surface area contributed by atoms with Crippen molar-refractivity contribution >= 4 is 5.91 Å². The number of rotatable bonds is 4. The van der Waals surface area contributed by atoms with Crippen LogP contribution in [0.2, 0.25) is 0 Å². The van der Waals surface area contributed by atoms with Crippen molar-refractivity contribution in [3.63, 3.8) is 0 Å². The molecule has 0 bridgehead atoms. The predicted molar refractivity (Wildman–Crippen MR) is 75.0 cm³/mol. The maximum absolute atomic E-state index is 12.1. The first kappa shape index (κ1) is 14.8. The van der Waals surface area contributed by atoms with Gasteiger partial charge in [0.25, 0.3) is 0 Å². The van der Waals surface area contributed by atoms with Gasteiger partial charge in [0, 0.05) is 26.2 Å². The number of amides is 1. The molecule has 2 aliphatic rings. The van der Waals surface area contributed by atoms with E-state index in [4.69, 9.17) is 4.74 Å². The van der Waals surface area contributed by atoms with Gasteiger partial charge in [-0.3, -0.25) is 9.69 Å². The Morgan fingerprint density at radius 1 is 1.47 bits per heavy atom. The first-order valence-electron chi connectivity index (χ1n) is 7.51. The van der Waals surface area contributed by atoms with E-state index in [9.17, 15) is 4.79 Å². The SMILES string of the molecule is CCN1CCOC(CNC(=O)C2CNCC(C)C2)C1. The standard InChI is InChI=1S/C14H27N3O2/c1-3-17-4-5-19-13(10-17)9-16-14(18)12-6-11(2)7-15-8-12/h11-13,15H,3-10H2,1-2H3,(H,16,18). The van der Waals surface area contributed by atoms with E-state index in [0.717, 1.165) is 45.8 Å². The molecule has 110 valence electrons. The first-order chi connectivity index (χ1) is 9.19. The average Bonchev–Trinajstić information content (AvgIpc) is 2.45. The highest BCUT2D eigenvalue weighted by molar-refractivity contribution is 5.79. The zero-order valence-electron chi connectivity index (χ0n) is 12.2. The van der Waals surface area contributed by atoms with E-state index in [-0.39, 0.29) is 17.9 Å². The number of nitrogens with one attached hydrogen (secondary N) is 2. The minimum Gasteiger partial charge on any atom is -0.374 e. The molecule has 0 spiro atoms. The quantitative estimate of drug-likeness (QED) is 0.758. The van der Waals surface area contributed by atoms with E-state index in [2.05, 4.69) is 29.4 Å². The molecule has 5 heteroatoms. The van der Waals surface area contributed by atoms with Crippen LogP contribution < -0.4 is 10.6 Å². The van der Waals surface area contributed by atoms with Crippen molar-refractivity contribution in [1.29, 1.82) is 0 Å². The first-order valence-corrected chi connectivity index (χ1v) is 7.51. The van der Waals surface area contributed by atoms with Gasteiger partial charge in [-0.25, -0.2) is 0 Å². The summed E-state index contributed by atoms with van der Waals surface area (Å²) in [4.78, 5) is 14.5. The number of hydrogen-bond acceptors (Lipinski definition) is 4. The van der Waals surface area contributed by atoms with E-state index in [1.165, 1.54) is 0 Å². The molecule has 0 radical (unpaired) electrons. The number of piperidine rings is 1. The van der Waals surface area contributed by atoms with Gasteiger partial charge in [0.05, 0.1) is 18.6 Å². The summed E-state index contributed by atoms with van der Waals surface area (Å²) >= 11 is 0. The average molecular weight is 269 g/mol. The Hall–Kier alpha value is -0.650. The second-order valence-electron chi connectivity index (χ2n) is 5.83. The molecule has 0 aromatic heterocycles. The van der Waals surface area contributed by atoms with Gasteiger partial charge in [-0.15, -0.1) is 0 Å². The van der Waals surface area contributed by atoms with Gasteiger partial charge in [-0.05, 0) is 25.4 Å². The normalized spacial score (nSPS) is 33.1. The van der Waals surface area contributed by atoms with Crippen LogP contribution in [0.4, 0.5) is 0 Å². The number of morpholine rings is 1. The number of hydrogen-bond donors (Lipinski definition) is 2. The fourth-order valence-corrected chi connectivity index (χ4v) is 2.91. The summed E-state index contributed by atoms with van der Waals surface area (Å²) in [6.45, 7) is 10.6. The second-order valence-corrected chi connectivity index (χ2v) is 5.83. The van der Waals surface area contributed by atoms with Crippen LogP contribution in [0.5, 0.6) is 0 Å². The number of ether oxygens (including phenoxy) is 1. The monoisotopic (exact) mass is 269 g/mol. The van der Waals surface area contributed by atoms with Gasteiger partial charge in [-0.2, -0.15) is 0 Å². The van der Waals surface area contributed by atoms with E-state index in [1.54, 1.807) is 0 Å². The lowest BCUT2D eigenvalue weighted by Gasteiger charge is -2.33. The molecule has 2 N–H and O–H groups in total. The van der Waals surface area contributed by atoms with E-state index < -0.39 is 0 Å². The molecular formula is C14H27N3O2. The minimum absolute atomic E-state index is 0.120. The van der Waals surface area contributed by atoms with Crippen LogP contribution in [-0.4, -0.2) is 62.8 Å². The topological polar surface area (TPSA) is 53.6 Å². The maximum atomic E-state index is 12.1. The van der Waals surface area contributed by atoms with E-state index >= 15 is 0 Å². The highest BCUT2D eigenvalue weighted by Crippen LogP contribution is 2.15. The van der Waals surface area contributed by atoms with Crippen molar-refractivity contribution in [2.24, 2.45) is 11.8 Å². The van der Waals surface area contributed by atoms with Gasteiger partial charge >= 0.3 is 0 Å². The van der Waals surface area contributed by atoms with Crippen LogP contribution in [0.25, 0.3) is 0 Å². The summed E-state index contributed by atoms with van der Waals surface area (Å²) < 4.78 is 5.70. The lowest BCUT2D eigenvalue weighted by Crippen LogP contribution is -2.49. The Balaban J connectivity index is 1.70. The largest absolute Gasteiger partial charge is 0.374 e. The summed E-state index contributed by atoms with van der Waals surface area (Å²) in [5, 5.41) is 6.38. The molecule has 5 nitrogen and oxygen atoms in total. The second kappa shape index (κ2) is 7.22. The Bertz CT molecular complexity index is 298. The van der Waals surface area contributed by atoms with Crippen molar-refractivity contribution in [2.45, 2.75) is 26.4 Å². The molecule has 0 aliphatic carbocycles. The van der Waals surface area contributed by atoms with Crippen LogP contribution in [0, 0.1) is 11.8 Å².